The van der Waals surface area contributed by atoms with Crippen molar-refractivity contribution in [2.45, 2.75) is 37.3 Å². The summed E-state index contributed by atoms with van der Waals surface area (Å²) in [5.41, 5.74) is 1.12. The van der Waals surface area contributed by atoms with Gasteiger partial charge in [-0.3, -0.25) is 9.59 Å². The molecule has 2 rings (SSSR count). The van der Waals surface area contributed by atoms with Gasteiger partial charge in [0.05, 0.1) is 11.0 Å². The lowest BCUT2D eigenvalue weighted by Gasteiger charge is -2.14. The third-order valence-electron chi connectivity index (χ3n) is 3.24. The lowest BCUT2D eigenvalue weighted by Crippen LogP contribution is -2.45. The Hall–Kier alpha value is -2.16. The maximum atomic E-state index is 12.7. The first-order valence-electron chi connectivity index (χ1n) is 7.39. The molecule has 0 saturated heterocycles. The molecular weight excluding hydrogens is 338 g/mol. The van der Waals surface area contributed by atoms with Crippen LogP contribution in [-0.4, -0.2) is 39.7 Å². The van der Waals surface area contributed by atoms with Gasteiger partial charge >= 0.3 is 0 Å². The van der Waals surface area contributed by atoms with E-state index >= 15 is 0 Å². The van der Waals surface area contributed by atoms with Crippen LogP contribution >= 0.6 is 11.8 Å². The molecule has 2 aromatic rings. The standard InChI is InChI=1S/C15H18F2N4O2S/c1-3-18-13(23)9(2)19-12(22)8-21-11-7-5-4-6-10(11)20-15(21)24-14(16)17/h4-7,9,14H,3,8H2,1-2H3,(H,18,23)(H,19,22)/t9-/m1/s1. The molecule has 0 fully saturated rings. The van der Waals surface area contributed by atoms with Gasteiger partial charge in [0.15, 0.2) is 5.16 Å². The Morgan fingerprint density at radius 1 is 1.33 bits per heavy atom. The second-order valence-electron chi connectivity index (χ2n) is 5.03. The van der Waals surface area contributed by atoms with E-state index in [1.807, 2.05) is 0 Å². The van der Waals surface area contributed by atoms with E-state index in [0.29, 0.717) is 17.6 Å². The number of amides is 2. The summed E-state index contributed by atoms with van der Waals surface area (Å²) in [6.07, 6.45) is 0. The van der Waals surface area contributed by atoms with Gasteiger partial charge in [0, 0.05) is 6.54 Å². The smallest absolute Gasteiger partial charge is 0.291 e. The fourth-order valence-electron chi connectivity index (χ4n) is 2.20. The fourth-order valence-corrected chi connectivity index (χ4v) is 2.80. The lowest BCUT2D eigenvalue weighted by molar-refractivity contribution is -0.128. The van der Waals surface area contributed by atoms with Crippen LogP contribution in [0.2, 0.25) is 0 Å². The Morgan fingerprint density at radius 2 is 2.04 bits per heavy atom. The van der Waals surface area contributed by atoms with Gasteiger partial charge in [-0.1, -0.05) is 12.1 Å². The number of imidazole rings is 1. The first-order valence-corrected chi connectivity index (χ1v) is 8.27. The monoisotopic (exact) mass is 356 g/mol. The van der Waals surface area contributed by atoms with E-state index in [9.17, 15) is 18.4 Å². The summed E-state index contributed by atoms with van der Waals surface area (Å²) in [7, 11) is 0. The quantitative estimate of drug-likeness (QED) is 0.744. The van der Waals surface area contributed by atoms with Crippen LogP contribution in [0.15, 0.2) is 29.4 Å². The predicted molar refractivity (Wildman–Crippen MR) is 87.9 cm³/mol. The normalized spacial score (nSPS) is 12.4. The third-order valence-corrected chi connectivity index (χ3v) is 3.94. The molecule has 0 unspecified atom stereocenters. The number of rotatable bonds is 7. The molecular formula is C15H18F2N4O2S. The molecule has 0 radical (unpaired) electrons. The second kappa shape index (κ2) is 8.09. The van der Waals surface area contributed by atoms with Gasteiger partial charge in [-0.05, 0) is 37.7 Å². The lowest BCUT2D eigenvalue weighted by atomic mass is 10.3. The Kier molecular flexibility index (Phi) is 6.13. The predicted octanol–water partition coefficient (Wildman–Crippen LogP) is 1.99. The highest BCUT2D eigenvalue weighted by molar-refractivity contribution is 7.99. The van der Waals surface area contributed by atoms with Crippen LogP contribution in [0.25, 0.3) is 11.0 Å². The van der Waals surface area contributed by atoms with Crippen molar-refractivity contribution in [1.82, 2.24) is 20.2 Å². The fraction of sp³-hybridized carbons (Fsp3) is 0.400. The number of aromatic nitrogens is 2. The third kappa shape index (κ3) is 4.44. The van der Waals surface area contributed by atoms with Gasteiger partial charge in [0.25, 0.3) is 5.76 Å². The minimum atomic E-state index is -2.64. The van der Waals surface area contributed by atoms with Gasteiger partial charge in [-0.25, -0.2) is 4.98 Å². The topological polar surface area (TPSA) is 76.0 Å². The molecule has 1 aromatic carbocycles. The largest absolute Gasteiger partial charge is 0.355 e. The number of nitrogens with zero attached hydrogens (tertiary/aromatic N) is 2. The zero-order valence-corrected chi connectivity index (χ0v) is 14.1. The highest BCUT2D eigenvalue weighted by atomic mass is 32.2. The van der Waals surface area contributed by atoms with Crippen LogP contribution in [0.3, 0.4) is 0 Å². The van der Waals surface area contributed by atoms with Crippen molar-refractivity contribution < 1.29 is 18.4 Å². The van der Waals surface area contributed by atoms with Crippen molar-refractivity contribution in [2.75, 3.05) is 6.54 Å². The maximum absolute atomic E-state index is 12.7. The zero-order valence-electron chi connectivity index (χ0n) is 13.3. The minimum absolute atomic E-state index is 0.0620. The van der Waals surface area contributed by atoms with Crippen LogP contribution in [0.1, 0.15) is 13.8 Å². The molecule has 2 N–H and O–H groups in total. The molecule has 1 aromatic heterocycles. The summed E-state index contributed by atoms with van der Waals surface area (Å²) >= 11 is 0.285. The molecule has 130 valence electrons. The Bertz CT molecular complexity index is 735. The van der Waals surface area contributed by atoms with Crippen molar-refractivity contribution in [3.05, 3.63) is 24.3 Å². The Balaban J connectivity index is 2.18. The maximum Gasteiger partial charge on any atom is 0.291 e. The van der Waals surface area contributed by atoms with Crippen LogP contribution in [0.4, 0.5) is 8.78 Å². The van der Waals surface area contributed by atoms with Crippen molar-refractivity contribution in [3.8, 4) is 0 Å². The van der Waals surface area contributed by atoms with Crippen LogP contribution in [0.5, 0.6) is 0 Å². The van der Waals surface area contributed by atoms with Gasteiger partial charge in [-0.2, -0.15) is 8.78 Å². The number of halogens is 2. The summed E-state index contributed by atoms with van der Waals surface area (Å²) in [6.45, 7) is 3.60. The van der Waals surface area contributed by atoms with Crippen LogP contribution < -0.4 is 10.6 Å². The number of likely N-dealkylation sites (N-methyl/N-ethyl adjacent to an activating group) is 1. The summed E-state index contributed by atoms with van der Waals surface area (Å²) < 4.78 is 26.9. The van der Waals surface area contributed by atoms with E-state index in [4.69, 9.17) is 0 Å². The van der Waals surface area contributed by atoms with Crippen molar-refractivity contribution in [2.24, 2.45) is 0 Å². The van der Waals surface area contributed by atoms with E-state index in [-0.39, 0.29) is 29.4 Å². The van der Waals surface area contributed by atoms with E-state index < -0.39 is 17.7 Å². The van der Waals surface area contributed by atoms with Crippen LogP contribution in [-0.2, 0) is 16.1 Å². The molecule has 6 nitrogen and oxygen atoms in total. The molecule has 1 atom stereocenters. The molecule has 0 saturated carbocycles. The summed E-state index contributed by atoms with van der Waals surface area (Å²) in [5.74, 6) is -3.39. The Morgan fingerprint density at radius 3 is 2.71 bits per heavy atom. The number of para-hydroxylation sites is 2. The zero-order chi connectivity index (χ0) is 17.7. The number of hydrogen-bond donors (Lipinski definition) is 2. The van der Waals surface area contributed by atoms with Gasteiger partial charge in [-0.15, -0.1) is 0 Å². The van der Waals surface area contributed by atoms with Gasteiger partial charge < -0.3 is 15.2 Å². The van der Waals surface area contributed by atoms with E-state index in [0.717, 1.165) is 0 Å². The number of alkyl halides is 2. The SMILES string of the molecule is CCNC(=O)[C@@H](C)NC(=O)Cn1c(SC(F)F)nc2ccccc21. The van der Waals surface area contributed by atoms with Gasteiger partial charge in [0.2, 0.25) is 11.8 Å². The second-order valence-corrected chi connectivity index (χ2v) is 5.99. The highest BCUT2D eigenvalue weighted by Crippen LogP contribution is 2.28. The molecule has 0 bridgehead atoms. The van der Waals surface area contributed by atoms with E-state index in [1.54, 1.807) is 38.1 Å². The first-order chi connectivity index (χ1) is 11.4. The summed E-state index contributed by atoms with van der Waals surface area (Å²) in [6, 6.07) is 6.17. The molecule has 1 heterocycles. The number of benzene rings is 1. The number of carbonyl (C=O) groups is 2. The molecule has 9 heteroatoms. The van der Waals surface area contributed by atoms with Crippen LogP contribution in [0, 0.1) is 0 Å². The molecule has 0 aliphatic rings. The molecule has 0 aliphatic heterocycles. The first kappa shape index (κ1) is 18.2. The van der Waals surface area contributed by atoms with Crippen molar-refractivity contribution in [1.29, 1.82) is 0 Å². The average Bonchev–Trinajstić information content (AvgIpc) is 2.84. The van der Waals surface area contributed by atoms with Gasteiger partial charge in [0.1, 0.15) is 12.6 Å². The molecule has 24 heavy (non-hydrogen) atoms. The summed E-state index contributed by atoms with van der Waals surface area (Å²) in [5, 5.41) is 5.21. The van der Waals surface area contributed by atoms with E-state index in [1.165, 1.54) is 4.57 Å². The number of fused-ring (bicyclic) bond motifs is 1. The highest BCUT2D eigenvalue weighted by Gasteiger charge is 2.20. The number of nitrogens with one attached hydrogen (secondary N) is 2. The average molecular weight is 356 g/mol. The number of hydrogen-bond acceptors (Lipinski definition) is 4. The minimum Gasteiger partial charge on any atom is -0.355 e. The summed E-state index contributed by atoms with van der Waals surface area (Å²) in [4.78, 5) is 28.0. The molecule has 0 spiro atoms. The molecule has 0 aliphatic carbocycles. The number of thioether (sulfide) groups is 1. The van der Waals surface area contributed by atoms with E-state index in [2.05, 4.69) is 15.6 Å². The van der Waals surface area contributed by atoms with Crippen molar-refractivity contribution >= 4 is 34.6 Å². The number of carbonyl (C=O) groups excluding carboxylic acids is 2. The molecule has 2 amide bonds. The Labute approximate surface area is 142 Å². The van der Waals surface area contributed by atoms with Crippen molar-refractivity contribution in [3.63, 3.8) is 0 Å².